The number of hydrogen-bond donors (Lipinski definition) is 0. The highest BCUT2D eigenvalue weighted by Crippen LogP contribution is 2.18. The van der Waals surface area contributed by atoms with Crippen LogP contribution in [0.15, 0.2) is 18.2 Å². The number of ether oxygens (including phenoxy) is 1. The Labute approximate surface area is 119 Å². The van der Waals surface area contributed by atoms with Crippen LogP contribution in [0.4, 0.5) is 0 Å². The van der Waals surface area contributed by atoms with E-state index in [0.29, 0.717) is 19.4 Å². The molecular formula is C13H15IN2O2. The third-order valence-electron chi connectivity index (χ3n) is 2.79. The smallest absolute Gasteiger partial charge is 0.306 e. The van der Waals surface area contributed by atoms with Gasteiger partial charge < -0.3 is 9.30 Å². The van der Waals surface area contributed by atoms with Crippen molar-refractivity contribution in [1.82, 2.24) is 9.55 Å². The molecule has 1 heterocycles. The predicted octanol–water partition coefficient (Wildman–Crippen LogP) is 2.67. The van der Waals surface area contributed by atoms with Crippen LogP contribution in [0, 0.1) is 3.57 Å². The van der Waals surface area contributed by atoms with Gasteiger partial charge in [-0.1, -0.05) is 0 Å². The Hall–Kier alpha value is -1.11. The Morgan fingerprint density at radius 3 is 3.00 bits per heavy atom. The first-order valence-corrected chi connectivity index (χ1v) is 6.96. The van der Waals surface area contributed by atoms with Crippen molar-refractivity contribution in [2.45, 2.75) is 19.8 Å². The monoisotopic (exact) mass is 358 g/mol. The van der Waals surface area contributed by atoms with Crippen LogP contribution in [0.5, 0.6) is 0 Å². The van der Waals surface area contributed by atoms with E-state index in [9.17, 15) is 4.79 Å². The second kappa shape index (κ2) is 5.69. The molecular weight excluding hydrogens is 343 g/mol. The molecule has 0 atom stereocenters. The molecule has 0 unspecified atom stereocenters. The van der Waals surface area contributed by atoms with Crippen molar-refractivity contribution >= 4 is 39.6 Å². The summed E-state index contributed by atoms with van der Waals surface area (Å²) < 4.78 is 8.14. The van der Waals surface area contributed by atoms with Gasteiger partial charge in [0.15, 0.2) is 0 Å². The zero-order valence-electron chi connectivity index (χ0n) is 10.4. The number of nitrogens with zero attached hydrogens (tertiary/aromatic N) is 2. The van der Waals surface area contributed by atoms with Gasteiger partial charge in [0, 0.05) is 17.0 Å². The lowest BCUT2D eigenvalue weighted by molar-refractivity contribution is -0.143. The van der Waals surface area contributed by atoms with Gasteiger partial charge in [-0.05, 0) is 47.7 Å². The fourth-order valence-corrected chi connectivity index (χ4v) is 2.36. The van der Waals surface area contributed by atoms with Crippen LogP contribution < -0.4 is 0 Å². The molecule has 0 aliphatic rings. The average molecular weight is 358 g/mol. The zero-order valence-corrected chi connectivity index (χ0v) is 12.6. The molecule has 0 aliphatic carbocycles. The number of rotatable bonds is 4. The van der Waals surface area contributed by atoms with E-state index in [1.54, 1.807) is 0 Å². The third-order valence-corrected chi connectivity index (χ3v) is 3.46. The van der Waals surface area contributed by atoms with Crippen molar-refractivity contribution < 1.29 is 9.53 Å². The molecule has 0 bridgehead atoms. The summed E-state index contributed by atoms with van der Waals surface area (Å²) in [5.74, 6) is 0.749. The van der Waals surface area contributed by atoms with Crippen molar-refractivity contribution in [3.05, 3.63) is 27.6 Å². The van der Waals surface area contributed by atoms with Crippen molar-refractivity contribution in [2.75, 3.05) is 6.61 Å². The Balaban J connectivity index is 2.19. The average Bonchev–Trinajstić information content (AvgIpc) is 2.64. The molecule has 0 aliphatic heterocycles. The van der Waals surface area contributed by atoms with E-state index in [2.05, 4.69) is 33.6 Å². The molecule has 0 saturated heterocycles. The number of hydrogen-bond acceptors (Lipinski definition) is 3. The minimum Gasteiger partial charge on any atom is -0.466 e. The molecule has 4 nitrogen and oxygen atoms in total. The molecule has 0 N–H and O–H groups in total. The first kappa shape index (κ1) is 13.3. The van der Waals surface area contributed by atoms with E-state index in [0.717, 1.165) is 16.9 Å². The number of esters is 1. The van der Waals surface area contributed by atoms with Gasteiger partial charge in [0.05, 0.1) is 24.1 Å². The van der Waals surface area contributed by atoms with E-state index >= 15 is 0 Å². The van der Waals surface area contributed by atoms with E-state index in [1.807, 2.05) is 30.7 Å². The van der Waals surface area contributed by atoms with Gasteiger partial charge in [-0.2, -0.15) is 0 Å². The van der Waals surface area contributed by atoms with Gasteiger partial charge in [-0.15, -0.1) is 0 Å². The van der Waals surface area contributed by atoms with E-state index < -0.39 is 0 Å². The molecule has 1 aromatic carbocycles. The molecule has 0 amide bonds. The topological polar surface area (TPSA) is 44.1 Å². The number of imidazole rings is 1. The van der Waals surface area contributed by atoms with Gasteiger partial charge in [-0.3, -0.25) is 4.79 Å². The fraction of sp³-hybridized carbons (Fsp3) is 0.385. The SMILES string of the molecule is CCOC(=O)CCc1nc2ccc(I)cc2n1C. The van der Waals surface area contributed by atoms with Crippen LogP contribution >= 0.6 is 22.6 Å². The Morgan fingerprint density at radius 1 is 1.50 bits per heavy atom. The standard InChI is InChI=1S/C13H15IN2O2/c1-3-18-13(17)7-6-12-15-10-5-4-9(14)8-11(10)16(12)2/h4-5,8H,3,6-7H2,1-2H3. The predicted molar refractivity (Wildman–Crippen MR) is 78.4 cm³/mol. The summed E-state index contributed by atoms with van der Waals surface area (Å²) in [5.41, 5.74) is 2.07. The summed E-state index contributed by atoms with van der Waals surface area (Å²) >= 11 is 2.28. The van der Waals surface area contributed by atoms with Crippen LogP contribution in [0.3, 0.4) is 0 Å². The highest BCUT2D eigenvalue weighted by molar-refractivity contribution is 14.1. The summed E-state index contributed by atoms with van der Waals surface area (Å²) in [6.07, 6.45) is 0.989. The highest BCUT2D eigenvalue weighted by atomic mass is 127. The van der Waals surface area contributed by atoms with Crippen molar-refractivity contribution in [2.24, 2.45) is 7.05 Å². The van der Waals surface area contributed by atoms with Crippen molar-refractivity contribution in [1.29, 1.82) is 0 Å². The quantitative estimate of drug-likeness (QED) is 0.624. The molecule has 96 valence electrons. The Morgan fingerprint density at radius 2 is 2.28 bits per heavy atom. The normalized spacial score (nSPS) is 10.8. The minimum atomic E-state index is -0.167. The molecule has 1 aromatic heterocycles. The molecule has 2 aromatic rings. The maximum atomic E-state index is 11.3. The number of benzene rings is 1. The molecule has 0 radical (unpaired) electrons. The number of halogens is 1. The third kappa shape index (κ3) is 2.82. The van der Waals surface area contributed by atoms with Crippen LogP contribution in [0.1, 0.15) is 19.2 Å². The molecule has 0 fully saturated rings. The van der Waals surface area contributed by atoms with Crippen LogP contribution in [0.2, 0.25) is 0 Å². The number of carbonyl (C=O) groups is 1. The largest absolute Gasteiger partial charge is 0.466 e. The second-order valence-electron chi connectivity index (χ2n) is 4.03. The van der Waals surface area contributed by atoms with Crippen LogP contribution in [-0.4, -0.2) is 22.1 Å². The van der Waals surface area contributed by atoms with Gasteiger partial charge in [-0.25, -0.2) is 4.98 Å². The summed E-state index contributed by atoms with van der Waals surface area (Å²) in [7, 11) is 1.98. The maximum Gasteiger partial charge on any atom is 0.306 e. The van der Waals surface area contributed by atoms with E-state index in [1.165, 1.54) is 3.57 Å². The van der Waals surface area contributed by atoms with Crippen LogP contribution in [0.25, 0.3) is 11.0 Å². The first-order chi connectivity index (χ1) is 8.61. The van der Waals surface area contributed by atoms with E-state index in [4.69, 9.17) is 4.74 Å². The van der Waals surface area contributed by atoms with Gasteiger partial charge in [0.25, 0.3) is 0 Å². The molecule has 5 heteroatoms. The summed E-state index contributed by atoms with van der Waals surface area (Å²) in [4.78, 5) is 15.9. The summed E-state index contributed by atoms with van der Waals surface area (Å²) in [5, 5.41) is 0. The molecule has 2 rings (SSSR count). The fourth-order valence-electron chi connectivity index (χ4n) is 1.88. The number of aryl methyl sites for hydroxylation is 2. The van der Waals surface area contributed by atoms with Crippen molar-refractivity contribution in [3.8, 4) is 0 Å². The Kier molecular flexibility index (Phi) is 4.21. The lowest BCUT2D eigenvalue weighted by atomic mass is 10.3. The highest BCUT2D eigenvalue weighted by Gasteiger charge is 2.10. The lowest BCUT2D eigenvalue weighted by Crippen LogP contribution is -2.07. The molecule has 0 spiro atoms. The number of fused-ring (bicyclic) bond motifs is 1. The number of carbonyl (C=O) groups excluding carboxylic acids is 1. The van der Waals surface area contributed by atoms with Crippen LogP contribution in [-0.2, 0) is 23.0 Å². The zero-order chi connectivity index (χ0) is 13.1. The second-order valence-corrected chi connectivity index (χ2v) is 5.27. The van der Waals surface area contributed by atoms with Gasteiger partial charge in [0.2, 0.25) is 0 Å². The summed E-state index contributed by atoms with van der Waals surface area (Å²) in [6, 6.07) is 6.13. The number of aromatic nitrogens is 2. The molecule has 0 saturated carbocycles. The molecule has 18 heavy (non-hydrogen) atoms. The van der Waals surface area contributed by atoms with Gasteiger partial charge in [0.1, 0.15) is 5.82 Å². The van der Waals surface area contributed by atoms with Crippen molar-refractivity contribution in [3.63, 3.8) is 0 Å². The summed E-state index contributed by atoms with van der Waals surface area (Å²) in [6.45, 7) is 2.24. The first-order valence-electron chi connectivity index (χ1n) is 5.88. The maximum absolute atomic E-state index is 11.3. The lowest BCUT2D eigenvalue weighted by Gasteiger charge is -2.02. The minimum absolute atomic E-state index is 0.167. The Bertz CT molecular complexity index is 578. The van der Waals surface area contributed by atoms with E-state index in [-0.39, 0.29) is 5.97 Å². The van der Waals surface area contributed by atoms with Gasteiger partial charge >= 0.3 is 5.97 Å².